The van der Waals surface area contributed by atoms with Crippen LogP contribution in [0.15, 0.2) is 24.4 Å². The van der Waals surface area contributed by atoms with Crippen LogP contribution < -0.4 is 5.73 Å². The number of nitrogens with zero attached hydrogens (tertiary/aromatic N) is 1. The largest absolute Gasteiger partial charge is 0.327 e. The van der Waals surface area contributed by atoms with Gasteiger partial charge in [0.15, 0.2) is 0 Å². The highest BCUT2D eigenvalue weighted by molar-refractivity contribution is 8.00. The Bertz CT molecular complexity index is 298. The molecule has 0 bridgehead atoms. The zero-order valence-electron chi connectivity index (χ0n) is 10.6. The van der Waals surface area contributed by atoms with E-state index in [9.17, 15) is 0 Å². The first-order chi connectivity index (χ1) is 7.52. The maximum absolute atomic E-state index is 6.06. The molecule has 0 fully saturated rings. The van der Waals surface area contributed by atoms with E-state index in [1.165, 1.54) is 0 Å². The SMILES string of the molecule is CC(C)C(C)SC(c1ccccn1)C(C)N. The summed E-state index contributed by atoms with van der Waals surface area (Å²) in [4.78, 5) is 4.41. The lowest BCUT2D eigenvalue weighted by atomic mass is 10.1. The average molecular weight is 238 g/mol. The van der Waals surface area contributed by atoms with Gasteiger partial charge in [-0.2, -0.15) is 0 Å². The molecule has 1 aromatic rings. The average Bonchev–Trinajstić information content (AvgIpc) is 2.26. The van der Waals surface area contributed by atoms with E-state index in [-0.39, 0.29) is 6.04 Å². The molecule has 0 aliphatic heterocycles. The molecule has 3 heteroatoms. The van der Waals surface area contributed by atoms with Crippen molar-refractivity contribution in [3.8, 4) is 0 Å². The summed E-state index contributed by atoms with van der Waals surface area (Å²) in [5, 5.41) is 0.886. The van der Waals surface area contributed by atoms with Gasteiger partial charge >= 0.3 is 0 Å². The van der Waals surface area contributed by atoms with Gasteiger partial charge in [0.05, 0.1) is 10.9 Å². The minimum Gasteiger partial charge on any atom is -0.327 e. The molecule has 3 atom stereocenters. The van der Waals surface area contributed by atoms with E-state index < -0.39 is 0 Å². The number of rotatable bonds is 5. The van der Waals surface area contributed by atoms with Crippen LogP contribution in [-0.4, -0.2) is 16.3 Å². The third-order valence-electron chi connectivity index (χ3n) is 2.76. The van der Waals surface area contributed by atoms with Crippen LogP contribution >= 0.6 is 11.8 Å². The van der Waals surface area contributed by atoms with Crippen molar-refractivity contribution < 1.29 is 0 Å². The van der Waals surface area contributed by atoms with Crippen molar-refractivity contribution in [2.45, 2.75) is 44.2 Å². The van der Waals surface area contributed by atoms with Crippen LogP contribution in [0.2, 0.25) is 0 Å². The molecule has 0 saturated carbocycles. The van der Waals surface area contributed by atoms with E-state index in [1.807, 2.05) is 30.1 Å². The van der Waals surface area contributed by atoms with E-state index in [4.69, 9.17) is 5.73 Å². The van der Waals surface area contributed by atoms with Crippen LogP contribution in [-0.2, 0) is 0 Å². The van der Waals surface area contributed by atoms with Gasteiger partial charge in [-0.25, -0.2) is 0 Å². The number of nitrogens with two attached hydrogens (primary N) is 1. The van der Waals surface area contributed by atoms with Crippen molar-refractivity contribution >= 4 is 11.8 Å². The highest BCUT2D eigenvalue weighted by Crippen LogP contribution is 2.35. The fourth-order valence-corrected chi connectivity index (χ4v) is 2.70. The van der Waals surface area contributed by atoms with Crippen LogP contribution in [0.25, 0.3) is 0 Å². The van der Waals surface area contributed by atoms with Crippen LogP contribution in [0.1, 0.15) is 38.6 Å². The lowest BCUT2D eigenvalue weighted by Gasteiger charge is -2.25. The summed E-state index contributed by atoms with van der Waals surface area (Å²) < 4.78 is 0. The first kappa shape index (κ1) is 13.5. The molecule has 16 heavy (non-hydrogen) atoms. The van der Waals surface area contributed by atoms with Gasteiger partial charge in [-0.1, -0.05) is 26.8 Å². The molecule has 0 aromatic carbocycles. The maximum Gasteiger partial charge on any atom is 0.0621 e. The smallest absolute Gasteiger partial charge is 0.0621 e. The lowest BCUT2D eigenvalue weighted by Crippen LogP contribution is -2.25. The Balaban J connectivity index is 2.77. The van der Waals surface area contributed by atoms with Crippen LogP contribution in [0, 0.1) is 5.92 Å². The molecule has 2 N–H and O–H groups in total. The van der Waals surface area contributed by atoms with E-state index in [2.05, 4.69) is 38.7 Å². The molecule has 0 aliphatic rings. The molecule has 1 heterocycles. The van der Waals surface area contributed by atoms with Crippen molar-refractivity contribution in [1.29, 1.82) is 0 Å². The lowest BCUT2D eigenvalue weighted by molar-refractivity contribution is 0.629. The monoisotopic (exact) mass is 238 g/mol. The Kier molecular flexibility index (Phi) is 5.29. The minimum absolute atomic E-state index is 0.126. The minimum atomic E-state index is 0.126. The highest BCUT2D eigenvalue weighted by atomic mass is 32.2. The molecular weight excluding hydrogens is 216 g/mol. The Hall–Kier alpha value is -0.540. The Labute approximate surface area is 103 Å². The van der Waals surface area contributed by atoms with Gasteiger partial charge < -0.3 is 5.73 Å². The standard InChI is InChI=1S/C13H22N2S/c1-9(2)11(4)16-13(10(3)14)12-7-5-6-8-15-12/h5-11,13H,14H2,1-4H3. The van der Waals surface area contributed by atoms with Gasteiger partial charge in [0.2, 0.25) is 0 Å². The third kappa shape index (κ3) is 3.80. The fourth-order valence-electron chi connectivity index (χ4n) is 1.40. The number of hydrogen-bond acceptors (Lipinski definition) is 3. The second-order valence-electron chi connectivity index (χ2n) is 4.62. The van der Waals surface area contributed by atoms with Gasteiger partial charge in [0, 0.05) is 17.5 Å². The summed E-state index contributed by atoms with van der Waals surface area (Å²) in [7, 11) is 0. The van der Waals surface area contributed by atoms with Gasteiger partial charge in [-0.05, 0) is 25.0 Å². The van der Waals surface area contributed by atoms with E-state index in [1.54, 1.807) is 0 Å². The van der Waals surface area contributed by atoms with Crippen molar-refractivity contribution in [3.63, 3.8) is 0 Å². The molecule has 0 radical (unpaired) electrons. The van der Waals surface area contributed by atoms with E-state index >= 15 is 0 Å². The predicted octanol–water partition coefficient (Wildman–Crippen LogP) is 3.25. The van der Waals surface area contributed by atoms with Crippen molar-refractivity contribution in [3.05, 3.63) is 30.1 Å². The molecule has 0 spiro atoms. The quantitative estimate of drug-likeness (QED) is 0.856. The van der Waals surface area contributed by atoms with Gasteiger partial charge in [-0.3, -0.25) is 4.98 Å². The van der Waals surface area contributed by atoms with E-state index in [0.29, 0.717) is 16.4 Å². The van der Waals surface area contributed by atoms with E-state index in [0.717, 1.165) is 5.69 Å². The van der Waals surface area contributed by atoms with Gasteiger partial charge in [0.1, 0.15) is 0 Å². The molecule has 0 saturated heterocycles. The normalized spacial score (nSPS) is 17.1. The van der Waals surface area contributed by atoms with Crippen molar-refractivity contribution in [2.24, 2.45) is 11.7 Å². The van der Waals surface area contributed by atoms with Crippen LogP contribution in [0.4, 0.5) is 0 Å². The summed E-state index contributed by atoms with van der Waals surface area (Å²) in [6.45, 7) is 8.80. The molecular formula is C13H22N2S. The number of thioether (sulfide) groups is 1. The number of aromatic nitrogens is 1. The second kappa shape index (κ2) is 6.26. The molecule has 90 valence electrons. The first-order valence-corrected chi connectivity index (χ1v) is 6.78. The topological polar surface area (TPSA) is 38.9 Å². The zero-order valence-corrected chi connectivity index (χ0v) is 11.4. The predicted molar refractivity (Wildman–Crippen MR) is 72.5 cm³/mol. The number of pyridine rings is 1. The summed E-state index contributed by atoms with van der Waals surface area (Å²) in [6.07, 6.45) is 1.84. The van der Waals surface area contributed by atoms with Crippen LogP contribution in [0.3, 0.4) is 0 Å². The molecule has 0 aliphatic carbocycles. The fraction of sp³-hybridized carbons (Fsp3) is 0.615. The Morgan fingerprint density at radius 2 is 1.88 bits per heavy atom. The molecule has 0 amide bonds. The maximum atomic E-state index is 6.06. The summed E-state index contributed by atoms with van der Waals surface area (Å²) >= 11 is 1.93. The molecule has 1 rings (SSSR count). The third-order valence-corrected chi connectivity index (χ3v) is 4.69. The second-order valence-corrected chi connectivity index (χ2v) is 6.14. The summed E-state index contributed by atoms with van der Waals surface area (Å²) in [5.74, 6) is 0.662. The zero-order chi connectivity index (χ0) is 12.1. The van der Waals surface area contributed by atoms with Crippen LogP contribution in [0.5, 0.6) is 0 Å². The molecule has 2 nitrogen and oxygen atoms in total. The van der Waals surface area contributed by atoms with Crippen molar-refractivity contribution in [2.75, 3.05) is 0 Å². The Morgan fingerprint density at radius 1 is 1.19 bits per heavy atom. The first-order valence-electron chi connectivity index (χ1n) is 5.84. The van der Waals surface area contributed by atoms with Gasteiger partial charge in [-0.15, -0.1) is 11.8 Å². The Morgan fingerprint density at radius 3 is 2.31 bits per heavy atom. The van der Waals surface area contributed by atoms with Crippen molar-refractivity contribution in [1.82, 2.24) is 4.98 Å². The number of hydrogen-bond donors (Lipinski definition) is 1. The van der Waals surface area contributed by atoms with Gasteiger partial charge in [0.25, 0.3) is 0 Å². The molecule has 3 unspecified atom stereocenters. The summed E-state index contributed by atoms with van der Waals surface area (Å²) in [5.41, 5.74) is 7.15. The highest BCUT2D eigenvalue weighted by Gasteiger charge is 2.22. The summed E-state index contributed by atoms with van der Waals surface area (Å²) in [6, 6.07) is 6.16. The molecule has 1 aromatic heterocycles.